The van der Waals surface area contributed by atoms with Gasteiger partial charge in [0.05, 0.1) is 10.6 Å². The number of rotatable bonds is 2. The van der Waals surface area contributed by atoms with E-state index in [1.54, 1.807) is 6.07 Å². The maximum Gasteiger partial charge on any atom is 0.286 e. The normalized spacial score (nSPS) is 25.8. The summed E-state index contributed by atoms with van der Waals surface area (Å²) in [7, 11) is 0. The zero-order valence-corrected chi connectivity index (χ0v) is 14.8. The number of hydrogen-bond acceptors (Lipinski definition) is 5. The molecule has 3 heterocycles. The van der Waals surface area contributed by atoms with Gasteiger partial charge in [0, 0.05) is 32.2 Å². The number of aliphatic imine (C=N–C) groups is 1. The lowest BCUT2D eigenvalue weighted by Gasteiger charge is -2.36. The minimum atomic E-state index is -0.187. The van der Waals surface area contributed by atoms with Crippen molar-refractivity contribution in [3.63, 3.8) is 0 Å². The zero-order valence-electron chi connectivity index (χ0n) is 13.9. The molecule has 1 aromatic carbocycles. The number of para-hydroxylation sites is 1. The van der Waals surface area contributed by atoms with Gasteiger partial charge in [-0.2, -0.15) is 4.99 Å². The van der Waals surface area contributed by atoms with Gasteiger partial charge in [0.15, 0.2) is 5.17 Å². The Morgan fingerprint density at radius 2 is 1.96 bits per heavy atom. The quantitative estimate of drug-likeness (QED) is 0.820. The fraction of sp³-hybridized carbons (Fsp3) is 0.444. The summed E-state index contributed by atoms with van der Waals surface area (Å²) in [6.45, 7) is 3.93. The van der Waals surface area contributed by atoms with Gasteiger partial charge in [-0.05, 0) is 49.4 Å². The Labute approximate surface area is 151 Å². The van der Waals surface area contributed by atoms with E-state index in [0.29, 0.717) is 11.7 Å². The monoisotopic (exact) mass is 360 g/mol. The number of anilines is 1. The number of piperazine rings is 1. The molecule has 2 saturated heterocycles. The van der Waals surface area contributed by atoms with Crippen molar-refractivity contribution in [2.24, 2.45) is 4.99 Å². The lowest BCUT2D eigenvalue weighted by molar-refractivity contribution is -0.113. The van der Waals surface area contributed by atoms with Crippen LogP contribution in [0.5, 0.6) is 0 Å². The van der Waals surface area contributed by atoms with Crippen LogP contribution in [0, 0.1) is 5.82 Å². The van der Waals surface area contributed by atoms with Crippen molar-refractivity contribution in [3.05, 3.63) is 41.1 Å². The topological polar surface area (TPSA) is 47.9 Å². The molecule has 0 spiro atoms. The van der Waals surface area contributed by atoms with E-state index < -0.39 is 0 Å². The average Bonchev–Trinajstić information content (AvgIpc) is 3.26. The standard InChI is InChI=1S/C18H21FN4OS/c19-14-5-1-2-6-15(14)22-8-10-23(11-9-22)18-21-17(24)16(25-18)12-13-4-3-7-20-13/h1-2,5-6,12-13,20H,3-4,7-11H2/b16-12+. The van der Waals surface area contributed by atoms with Crippen LogP contribution < -0.4 is 10.2 Å². The Morgan fingerprint density at radius 1 is 1.20 bits per heavy atom. The van der Waals surface area contributed by atoms with Crippen molar-refractivity contribution in [2.75, 3.05) is 37.6 Å². The summed E-state index contributed by atoms with van der Waals surface area (Å²) < 4.78 is 13.9. The first-order valence-electron chi connectivity index (χ1n) is 8.71. The summed E-state index contributed by atoms with van der Waals surface area (Å²) in [4.78, 5) is 21.3. The molecule has 3 aliphatic heterocycles. The van der Waals surface area contributed by atoms with E-state index in [1.165, 1.54) is 17.8 Å². The molecule has 0 saturated carbocycles. The number of benzene rings is 1. The van der Waals surface area contributed by atoms with Crippen LogP contribution in [0.2, 0.25) is 0 Å². The second-order valence-electron chi connectivity index (χ2n) is 6.46. The number of amides is 1. The summed E-state index contributed by atoms with van der Waals surface area (Å²) in [5, 5.41) is 4.16. The molecule has 132 valence electrons. The van der Waals surface area contributed by atoms with Crippen molar-refractivity contribution in [1.29, 1.82) is 0 Å². The van der Waals surface area contributed by atoms with Gasteiger partial charge >= 0.3 is 0 Å². The average molecular weight is 360 g/mol. The van der Waals surface area contributed by atoms with Gasteiger partial charge in [-0.15, -0.1) is 0 Å². The van der Waals surface area contributed by atoms with Gasteiger partial charge in [-0.3, -0.25) is 4.79 Å². The first-order chi connectivity index (χ1) is 12.2. The van der Waals surface area contributed by atoms with E-state index in [9.17, 15) is 9.18 Å². The minimum Gasteiger partial charge on any atom is -0.366 e. The first kappa shape index (κ1) is 16.6. The largest absolute Gasteiger partial charge is 0.366 e. The van der Waals surface area contributed by atoms with Crippen LogP contribution in [0.15, 0.2) is 40.2 Å². The highest BCUT2D eigenvalue weighted by Crippen LogP contribution is 2.30. The summed E-state index contributed by atoms with van der Waals surface area (Å²) in [5.41, 5.74) is 0.645. The van der Waals surface area contributed by atoms with E-state index in [4.69, 9.17) is 0 Å². The van der Waals surface area contributed by atoms with Crippen LogP contribution in [-0.2, 0) is 4.79 Å². The molecule has 0 aliphatic carbocycles. The lowest BCUT2D eigenvalue weighted by atomic mass is 10.2. The third-order valence-electron chi connectivity index (χ3n) is 4.80. The Hall–Kier alpha value is -1.86. The maximum atomic E-state index is 13.9. The number of amidine groups is 1. The molecule has 1 aromatic rings. The summed E-state index contributed by atoms with van der Waals surface area (Å²) in [5.74, 6) is -0.321. The number of carbonyl (C=O) groups excluding carboxylic acids is 1. The zero-order chi connectivity index (χ0) is 17.2. The number of halogens is 1. The highest BCUT2D eigenvalue weighted by molar-refractivity contribution is 8.18. The Bertz CT molecular complexity index is 722. The molecule has 1 atom stereocenters. The number of thioether (sulfide) groups is 1. The van der Waals surface area contributed by atoms with E-state index in [0.717, 1.165) is 55.6 Å². The third kappa shape index (κ3) is 3.57. The SMILES string of the molecule is O=C1N=C(N2CCN(c3ccccc3F)CC2)S/C1=C/C1CCCN1. The van der Waals surface area contributed by atoms with Crippen molar-refractivity contribution in [1.82, 2.24) is 10.2 Å². The molecule has 1 unspecified atom stereocenters. The molecule has 0 radical (unpaired) electrons. The molecule has 2 fully saturated rings. The fourth-order valence-corrected chi connectivity index (χ4v) is 4.43. The second-order valence-corrected chi connectivity index (χ2v) is 7.47. The van der Waals surface area contributed by atoms with Gasteiger partial charge in [-0.25, -0.2) is 4.39 Å². The number of nitrogens with one attached hydrogen (secondary N) is 1. The van der Waals surface area contributed by atoms with Crippen LogP contribution in [0.4, 0.5) is 10.1 Å². The predicted molar refractivity (Wildman–Crippen MR) is 99.3 cm³/mol. The number of nitrogens with zero attached hydrogens (tertiary/aromatic N) is 3. The van der Waals surface area contributed by atoms with Crippen LogP contribution in [0.1, 0.15) is 12.8 Å². The van der Waals surface area contributed by atoms with Crippen molar-refractivity contribution in [3.8, 4) is 0 Å². The molecular formula is C18H21FN4OS. The number of carbonyl (C=O) groups is 1. The Morgan fingerprint density at radius 3 is 2.68 bits per heavy atom. The highest BCUT2D eigenvalue weighted by atomic mass is 32.2. The van der Waals surface area contributed by atoms with Crippen LogP contribution in [0.3, 0.4) is 0 Å². The van der Waals surface area contributed by atoms with Crippen molar-refractivity contribution >= 4 is 28.5 Å². The van der Waals surface area contributed by atoms with E-state index in [1.807, 2.05) is 23.1 Å². The lowest BCUT2D eigenvalue weighted by Crippen LogP contribution is -2.48. The fourth-order valence-electron chi connectivity index (χ4n) is 3.43. The third-order valence-corrected chi connectivity index (χ3v) is 5.87. The predicted octanol–water partition coefficient (Wildman–Crippen LogP) is 2.21. The van der Waals surface area contributed by atoms with Gasteiger partial charge in [0.25, 0.3) is 5.91 Å². The Balaban J connectivity index is 1.37. The molecule has 1 N–H and O–H groups in total. The molecular weight excluding hydrogens is 339 g/mol. The summed E-state index contributed by atoms with van der Waals surface area (Å²) in [6, 6.07) is 7.16. The van der Waals surface area contributed by atoms with E-state index in [2.05, 4.69) is 15.2 Å². The molecule has 1 amide bonds. The van der Waals surface area contributed by atoms with Crippen LogP contribution in [0.25, 0.3) is 0 Å². The maximum absolute atomic E-state index is 13.9. The van der Waals surface area contributed by atoms with Crippen molar-refractivity contribution < 1.29 is 9.18 Å². The van der Waals surface area contributed by atoms with Crippen molar-refractivity contribution in [2.45, 2.75) is 18.9 Å². The number of hydrogen-bond donors (Lipinski definition) is 1. The minimum absolute atomic E-state index is 0.134. The van der Waals surface area contributed by atoms with Gasteiger partial charge in [0.2, 0.25) is 0 Å². The van der Waals surface area contributed by atoms with Gasteiger partial charge in [0.1, 0.15) is 5.82 Å². The summed E-state index contributed by atoms with van der Waals surface area (Å²) in [6.07, 6.45) is 4.25. The molecule has 25 heavy (non-hydrogen) atoms. The van der Waals surface area contributed by atoms with Crippen LogP contribution in [-0.4, -0.2) is 54.7 Å². The molecule has 0 bridgehead atoms. The molecule has 0 aromatic heterocycles. The first-order valence-corrected chi connectivity index (χ1v) is 9.53. The highest BCUT2D eigenvalue weighted by Gasteiger charge is 2.29. The van der Waals surface area contributed by atoms with Crippen LogP contribution >= 0.6 is 11.8 Å². The molecule has 7 heteroatoms. The second kappa shape index (κ2) is 7.17. The molecule has 3 aliphatic rings. The Kier molecular flexibility index (Phi) is 4.76. The van der Waals surface area contributed by atoms with Gasteiger partial charge < -0.3 is 15.1 Å². The smallest absolute Gasteiger partial charge is 0.286 e. The van der Waals surface area contributed by atoms with E-state index in [-0.39, 0.29) is 11.7 Å². The molecule has 4 rings (SSSR count). The summed E-state index contributed by atoms with van der Waals surface area (Å²) >= 11 is 1.47. The molecule has 5 nitrogen and oxygen atoms in total. The van der Waals surface area contributed by atoms with Gasteiger partial charge in [-0.1, -0.05) is 12.1 Å². The van der Waals surface area contributed by atoms with E-state index >= 15 is 0 Å².